The molecule has 0 aromatic heterocycles. The van der Waals surface area contributed by atoms with Crippen molar-refractivity contribution in [3.8, 4) is 5.75 Å². The van der Waals surface area contributed by atoms with Gasteiger partial charge in [-0.3, -0.25) is 4.79 Å². The number of urea groups is 1. The highest BCUT2D eigenvalue weighted by molar-refractivity contribution is 5.97. The van der Waals surface area contributed by atoms with Gasteiger partial charge >= 0.3 is 6.03 Å². The number of anilines is 1. The summed E-state index contributed by atoms with van der Waals surface area (Å²) in [5, 5.41) is 8.40. The molecule has 0 aliphatic carbocycles. The summed E-state index contributed by atoms with van der Waals surface area (Å²) in [6.07, 6.45) is 0. The molecule has 3 N–H and O–H groups in total. The van der Waals surface area contributed by atoms with Crippen LogP contribution in [-0.4, -0.2) is 50.6 Å². The Morgan fingerprint density at radius 3 is 2.59 bits per heavy atom. The Morgan fingerprint density at radius 2 is 1.86 bits per heavy atom. The summed E-state index contributed by atoms with van der Waals surface area (Å²) in [5.41, 5.74) is 2.93. The molecule has 29 heavy (non-hydrogen) atoms. The lowest BCUT2D eigenvalue weighted by Gasteiger charge is -2.13. The van der Waals surface area contributed by atoms with Gasteiger partial charge in [0.05, 0.1) is 0 Å². The van der Waals surface area contributed by atoms with E-state index in [-0.39, 0.29) is 11.9 Å². The van der Waals surface area contributed by atoms with Gasteiger partial charge in [-0.1, -0.05) is 18.2 Å². The first-order valence-corrected chi connectivity index (χ1v) is 9.69. The number of carbonyl (C=O) groups excluding carboxylic acids is 2. The van der Waals surface area contributed by atoms with Crippen LogP contribution in [-0.2, 0) is 6.54 Å². The molecule has 0 heterocycles. The Labute approximate surface area is 172 Å². The summed E-state index contributed by atoms with van der Waals surface area (Å²) >= 11 is 0. The zero-order valence-electron chi connectivity index (χ0n) is 17.5. The van der Waals surface area contributed by atoms with E-state index < -0.39 is 0 Å². The van der Waals surface area contributed by atoms with Crippen molar-refractivity contribution in [3.05, 3.63) is 59.2 Å². The molecular weight excluding hydrogens is 368 g/mol. The van der Waals surface area contributed by atoms with Crippen molar-refractivity contribution in [1.29, 1.82) is 0 Å². The highest BCUT2D eigenvalue weighted by Crippen LogP contribution is 2.17. The smallest absolute Gasteiger partial charge is 0.319 e. The minimum absolute atomic E-state index is 0.165. The zero-order chi connectivity index (χ0) is 21.2. The van der Waals surface area contributed by atoms with Gasteiger partial charge in [-0.25, -0.2) is 4.79 Å². The molecule has 7 nitrogen and oxygen atoms in total. The van der Waals surface area contributed by atoms with Crippen molar-refractivity contribution >= 4 is 17.6 Å². The van der Waals surface area contributed by atoms with Gasteiger partial charge in [0.1, 0.15) is 12.4 Å². The molecule has 0 saturated carbocycles. The van der Waals surface area contributed by atoms with Crippen LogP contribution in [0.25, 0.3) is 0 Å². The normalized spacial score (nSPS) is 10.5. The van der Waals surface area contributed by atoms with Gasteiger partial charge < -0.3 is 25.6 Å². The average molecular weight is 399 g/mol. The molecule has 0 unspecified atom stereocenters. The fraction of sp³-hybridized carbons (Fsp3) is 0.364. The number of likely N-dealkylation sites (N-methyl/N-ethyl adjacent to an activating group) is 1. The van der Waals surface area contributed by atoms with Gasteiger partial charge in [0.15, 0.2) is 0 Å². The molecule has 0 fully saturated rings. The van der Waals surface area contributed by atoms with Crippen LogP contribution in [0.3, 0.4) is 0 Å². The first-order chi connectivity index (χ1) is 13.9. The first-order valence-electron chi connectivity index (χ1n) is 9.69. The van der Waals surface area contributed by atoms with E-state index in [0.717, 1.165) is 23.4 Å². The Kier molecular flexibility index (Phi) is 8.48. The van der Waals surface area contributed by atoms with Crippen LogP contribution in [0, 0.1) is 6.92 Å². The van der Waals surface area contributed by atoms with Gasteiger partial charge in [0, 0.05) is 30.9 Å². The van der Waals surface area contributed by atoms with Crippen LogP contribution in [0.1, 0.15) is 28.4 Å². The SMILES string of the molecule is CCNC(=O)c1ccc(C)c(NC(=O)NCc2cccc(OCCN(C)C)c2)c1. The fourth-order valence-electron chi connectivity index (χ4n) is 2.60. The highest BCUT2D eigenvalue weighted by Gasteiger charge is 2.10. The molecule has 2 rings (SSSR count). The maximum atomic E-state index is 12.3. The van der Waals surface area contributed by atoms with Crippen molar-refractivity contribution in [2.75, 3.05) is 39.1 Å². The molecule has 0 saturated heterocycles. The van der Waals surface area contributed by atoms with Gasteiger partial charge in [-0.15, -0.1) is 0 Å². The van der Waals surface area contributed by atoms with E-state index in [1.165, 1.54) is 0 Å². The van der Waals surface area contributed by atoms with Crippen LogP contribution < -0.4 is 20.7 Å². The van der Waals surface area contributed by atoms with Crippen LogP contribution in [0.15, 0.2) is 42.5 Å². The summed E-state index contributed by atoms with van der Waals surface area (Å²) in [7, 11) is 3.99. The summed E-state index contributed by atoms with van der Waals surface area (Å²) in [4.78, 5) is 26.4. The van der Waals surface area contributed by atoms with Gasteiger partial charge in [0.25, 0.3) is 5.91 Å². The third kappa shape index (κ3) is 7.46. The molecule has 2 aromatic carbocycles. The molecule has 0 atom stereocenters. The summed E-state index contributed by atoms with van der Waals surface area (Å²) in [6, 6.07) is 12.5. The lowest BCUT2D eigenvalue weighted by atomic mass is 10.1. The Hall–Kier alpha value is -3.06. The lowest BCUT2D eigenvalue weighted by Crippen LogP contribution is -2.29. The molecule has 2 aromatic rings. The Morgan fingerprint density at radius 1 is 1.07 bits per heavy atom. The fourth-order valence-corrected chi connectivity index (χ4v) is 2.60. The predicted molar refractivity (Wildman–Crippen MR) is 116 cm³/mol. The average Bonchev–Trinajstić information content (AvgIpc) is 2.68. The number of hydrogen-bond donors (Lipinski definition) is 3. The second-order valence-electron chi connectivity index (χ2n) is 7.00. The standard InChI is InChI=1S/C22H30N4O3/c1-5-23-21(27)18-10-9-16(2)20(14-18)25-22(28)24-15-17-7-6-8-19(13-17)29-12-11-26(3)4/h6-10,13-14H,5,11-12,15H2,1-4H3,(H,23,27)(H2,24,25,28). The van der Waals surface area contributed by atoms with E-state index in [2.05, 4.69) is 20.9 Å². The minimum atomic E-state index is -0.333. The topological polar surface area (TPSA) is 82.7 Å². The van der Waals surface area contributed by atoms with Crippen LogP contribution in [0.4, 0.5) is 10.5 Å². The number of nitrogens with zero attached hydrogens (tertiary/aromatic N) is 1. The molecule has 7 heteroatoms. The zero-order valence-corrected chi connectivity index (χ0v) is 17.5. The number of ether oxygens (including phenoxy) is 1. The molecule has 3 amide bonds. The third-order valence-corrected chi connectivity index (χ3v) is 4.24. The van der Waals surface area contributed by atoms with Gasteiger partial charge in [-0.2, -0.15) is 0 Å². The molecule has 0 radical (unpaired) electrons. The van der Waals surface area contributed by atoms with Crippen LogP contribution in [0.2, 0.25) is 0 Å². The van der Waals surface area contributed by atoms with Crippen molar-refractivity contribution in [1.82, 2.24) is 15.5 Å². The number of aryl methyl sites for hydroxylation is 1. The number of hydrogen-bond acceptors (Lipinski definition) is 4. The van der Waals surface area contributed by atoms with Gasteiger partial charge in [0.2, 0.25) is 0 Å². The van der Waals surface area contributed by atoms with Gasteiger partial charge in [-0.05, 0) is 63.3 Å². The second-order valence-corrected chi connectivity index (χ2v) is 7.00. The number of carbonyl (C=O) groups is 2. The predicted octanol–water partition coefficient (Wildman–Crippen LogP) is 3.01. The van der Waals surface area contributed by atoms with E-state index in [1.54, 1.807) is 12.1 Å². The van der Waals surface area contributed by atoms with Crippen molar-refractivity contribution in [3.63, 3.8) is 0 Å². The maximum absolute atomic E-state index is 12.3. The maximum Gasteiger partial charge on any atom is 0.319 e. The Bertz CT molecular complexity index is 837. The third-order valence-electron chi connectivity index (χ3n) is 4.24. The van der Waals surface area contributed by atoms with Crippen molar-refractivity contribution < 1.29 is 14.3 Å². The van der Waals surface area contributed by atoms with E-state index in [0.29, 0.717) is 30.9 Å². The first kappa shape index (κ1) is 22.2. The molecule has 0 aliphatic heterocycles. The number of amides is 3. The Balaban J connectivity index is 1.91. The molecule has 0 spiro atoms. The number of rotatable bonds is 9. The monoisotopic (exact) mass is 398 g/mol. The summed E-state index contributed by atoms with van der Waals surface area (Å²) < 4.78 is 5.72. The largest absolute Gasteiger partial charge is 0.492 e. The van der Waals surface area contributed by atoms with Crippen molar-refractivity contribution in [2.24, 2.45) is 0 Å². The van der Waals surface area contributed by atoms with Crippen LogP contribution >= 0.6 is 0 Å². The lowest BCUT2D eigenvalue weighted by molar-refractivity contribution is 0.0956. The van der Waals surface area contributed by atoms with E-state index in [1.807, 2.05) is 58.3 Å². The quantitative estimate of drug-likeness (QED) is 0.606. The van der Waals surface area contributed by atoms with E-state index in [9.17, 15) is 9.59 Å². The van der Waals surface area contributed by atoms with Crippen molar-refractivity contribution in [2.45, 2.75) is 20.4 Å². The molecule has 0 bridgehead atoms. The highest BCUT2D eigenvalue weighted by atomic mass is 16.5. The molecular formula is C22H30N4O3. The second kappa shape index (κ2) is 11.1. The van der Waals surface area contributed by atoms with Crippen LogP contribution in [0.5, 0.6) is 5.75 Å². The minimum Gasteiger partial charge on any atom is -0.492 e. The number of benzene rings is 2. The number of nitrogens with one attached hydrogen (secondary N) is 3. The molecule has 156 valence electrons. The summed E-state index contributed by atoms with van der Waals surface area (Å²) in [6.45, 7) is 6.09. The summed E-state index contributed by atoms with van der Waals surface area (Å²) in [5.74, 6) is 0.610. The van der Waals surface area contributed by atoms with E-state index >= 15 is 0 Å². The van der Waals surface area contributed by atoms with E-state index in [4.69, 9.17) is 4.74 Å². The molecule has 0 aliphatic rings.